The fourth-order valence-corrected chi connectivity index (χ4v) is 4.65. The van der Waals surface area contributed by atoms with Gasteiger partial charge in [0, 0.05) is 18.2 Å². The molecule has 0 saturated carbocycles. The lowest BCUT2D eigenvalue weighted by Gasteiger charge is -2.20. The standard InChI is InChI=1S/C30H32FN3O4S/c1-19-5-7-21(8-6-19)15-27(32)29-14-13-28(38-29)23-16-24(18-26(17-23)34(3)39(4,36)37)30(35)33-20(2)22-9-11-25(31)12-10-22/h5-14,16-18,20,27H,15,32H2,1-4H3,(H,33,35)/t20-,27?/m1/s1. The first-order valence-corrected chi connectivity index (χ1v) is 14.3. The normalized spacial score (nSPS) is 13.1. The van der Waals surface area contributed by atoms with E-state index in [9.17, 15) is 17.6 Å². The van der Waals surface area contributed by atoms with Crippen molar-refractivity contribution >= 4 is 21.6 Å². The molecule has 0 aliphatic rings. The number of nitrogens with two attached hydrogens (primary N) is 1. The molecule has 0 spiro atoms. The van der Waals surface area contributed by atoms with E-state index in [4.69, 9.17) is 10.2 Å². The molecule has 9 heteroatoms. The number of rotatable bonds is 9. The minimum Gasteiger partial charge on any atom is -0.459 e. The Hall–Kier alpha value is -3.95. The highest BCUT2D eigenvalue weighted by Gasteiger charge is 2.20. The van der Waals surface area contributed by atoms with E-state index in [1.807, 2.05) is 31.2 Å². The zero-order valence-corrected chi connectivity index (χ0v) is 23.1. The highest BCUT2D eigenvalue weighted by Crippen LogP contribution is 2.31. The summed E-state index contributed by atoms with van der Waals surface area (Å²) in [6, 6.07) is 21.5. The Labute approximate surface area is 228 Å². The average Bonchev–Trinajstić information content (AvgIpc) is 3.40. The van der Waals surface area contributed by atoms with Crippen LogP contribution in [0.2, 0.25) is 0 Å². The molecule has 4 rings (SSSR count). The van der Waals surface area contributed by atoms with Gasteiger partial charge >= 0.3 is 0 Å². The molecule has 0 fully saturated rings. The number of hydrogen-bond acceptors (Lipinski definition) is 5. The molecule has 1 amide bonds. The zero-order chi connectivity index (χ0) is 28.3. The van der Waals surface area contributed by atoms with Gasteiger partial charge in [0.2, 0.25) is 10.0 Å². The van der Waals surface area contributed by atoms with Crippen LogP contribution < -0.4 is 15.4 Å². The van der Waals surface area contributed by atoms with Gasteiger partial charge in [-0.15, -0.1) is 0 Å². The van der Waals surface area contributed by atoms with Gasteiger partial charge in [0.05, 0.1) is 24.0 Å². The Morgan fingerprint density at radius 2 is 1.69 bits per heavy atom. The van der Waals surface area contributed by atoms with Crippen LogP contribution in [0.15, 0.2) is 83.3 Å². The van der Waals surface area contributed by atoms with Crippen molar-refractivity contribution in [3.8, 4) is 11.3 Å². The molecule has 0 saturated heterocycles. The number of halogens is 1. The summed E-state index contributed by atoms with van der Waals surface area (Å²) >= 11 is 0. The molecule has 4 aromatic rings. The van der Waals surface area contributed by atoms with E-state index in [2.05, 4.69) is 5.32 Å². The summed E-state index contributed by atoms with van der Waals surface area (Å²) in [6.07, 6.45) is 1.67. The van der Waals surface area contributed by atoms with Crippen molar-refractivity contribution in [3.63, 3.8) is 0 Å². The van der Waals surface area contributed by atoms with Gasteiger partial charge in [0.25, 0.3) is 5.91 Å². The van der Waals surface area contributed by atoms with Crippen LogP contribution in [-0.4, -0.2) is 27.6 Å². The first kappa shape index (κ1) is 28.1. The molecule has 0 aliphatic heterocycles. The maximum absolute atomic E-state index is 13.3. The summed E-state index contributed by atoms with van der Waals surface area (Å²) in [5.41, 5.74) is 10.5. The number of benzene rings is 3. The Kier molecular flexibility index (Phi) is 8.22. The topological polar surface area (TPSA) is 106 Å². The highest BCUT2D eigenvalue weighted by atomic mass is 32.2. The molecule has 0 bridgehead atoms. The van der Waals surface area contributed by atoms with Gasteiger partial charge in [0.1, 0.15) is 17.3 Å². The average molecular weight is 550 g/mol. The number of nitrogens with zero attached hydrogens (tertiary/aromatic N) is 1. The molecule has 3 N–H and O–H groups in total. The number of carbonyl (C=O) groups is 1. The predicted molar refractivity (Wildman–Crippen MR) is 151 cm³/mol. The van der Waals surface area contributed by atoms with Crippen LogP contribution >= 0.6 is 0 Å². The van der Waals surface area contributed by atoms with Crippen molar-refractivity contribution in [2.24, 2.45) is 5.73 Å². The first-order chi connectivity index (χ1) is 18.4. The summed E-state index contributed by atoms with van der Waals surface area (Å²) in [6.45, 7) is 3.81. The molecule has 1 aromatic heterocycles. The summed E-state index contributed by atoms with van der Waals surface area (Å²) in [5.74, 6) is 0.242. The first-order valence-electron chi connectivity index (χ1n) is 12.5. The second-order valence-corrected chi connectivity index (χ2v) is 11.8. The van der Waals surface area contributed by atoms with Crippen molar-refractivity contribution in [3.05, 3.63) is 113 Å². The largest absolute Gasteiger partial charge is 0.459 e. The Morgan fingerprint density at radius 1 is 1.03 bits per heavy atom. The molecule has 39 heavy (non-hydrogen) atoms. The second-order valence-electron chi connectivity index (χ2n) is 9.74. The molecule has 1 heterocycles. The number of anilines is 1. The van der Waals surface area contributed by atoms with Gasteiger partial charge < -0.3 is 15.5 Å². The van der Waals surface area contributed by atoms with E-state index >= 15 is 0 Å². The predicted octanol–water partition coefficient (Wildman–Crippen LogP) is 5.52. The van der Waals surface area contributed by atoms with Crippen LogP contribution in [0.4, 0.5) is 10.1 Å². The number of nitrogens with one attached hydrogen (secondary N) is 1. The number of hydrogen-bond donors (Lipinski definition) is 2. The number of carbonyl (C=O) groups excluding carboxylic acids is 1. The van der Waals surface area contributed by atoms with E-state index in [0.717, 1.165) is 21.7 Å². The molecular formula is C30H32FN3O4S. The van der Waals surface area contributed by atoms with Crippen molar-refractivity contribution in [2.45, 2.75) is 32.4 Å². The van der Waals surface area contributed by atoms with E-state index in [1.54, 1.807) is 43.3 Å². The third-order valence-corrected chi connectivity index (χ3v) is 7.82. The second kappa shape index (κ2) is 11.4. The van der Waals surface area contributed by atoms with Crippen molar-refractivity contribution in [1.29, 1.82) is 0 Å². The zero-order valence-electron chi connectivity index (χ0n) is 22.3. The smallest absolute Gasteiger partial charge is 0.251 e. The van der Waals surface area contributed by atoms with Gasteiger partial charge in [-0.05, 0) is 73.9 Å². The third-order valence-electron chi connectivity index (χ3n) is 6.61. The Balaban J connectivity index is 1.63. The fourth-order valence-electron chi connectivity index (χ4n) is 4.16. The minimum atomic E-state index is -3.60. The Bertz CT molecular complexity index is 1560. The van der Waals surface area contributed by atoms with Crippen LogP contribution in [0.25, 0.3) is 11.3 Å². The lowest BCUT2D eigenvalue weighted by Crippen LogP contribution is -2.28. The molecule has 0 radical (unpaired) electrons. The van der Waals surface area contributed by atoms with Gasteiger partial charge in [-0.1, -0.05) is 42.0 Å². The maximum Gasteiger partial charge on any atom is 0.251 e. The van der Waals surface area contributed by atoms with Crippen molar-refractivity contribution < 1.29 is 22.0 Å². The van der Waals surface area contributed by atoms with Crippen LogP contribution in [-0.2, 0) is 16.4 Å². The fraction of sp³-hybridized carbons (Fsp3) is 0.233. The minimum absolute atomic E-state index is 0.244. The van der Waals surface area contributed by atoms with E-state index < -0.39 is 22.0 Å². The highest BCUT2D eigenvalue weighted by molar-refractivity contribution is 7.92. The number of furan rings is 1. The molecule has 7 nitrogen and oxygen atoms in total. The van der Waals surface area contributed by atoms with Gasteiger partial charge in [-0.2, -0.15) is 0 Å². The van der Waals surface area contributed by atoms with Gasteiger partial charge in [-0.25, -0.2) is 12.8 Å². The van der Waals surface area contributed by atoms with Crippen LogP contribution in [0, 0.1) is 12.7 Å². The number of aryl methyl sites for hydroxylation is 1. The van der Waals surface area contributed by atoms with Gasteiger partial charge in [0.15, 0.2) is 0 Å². The van der Waals surface area contributed by atoms with E-state index in [-0.39, 0.29) is 17.4 Å². The SMILES string of the molecule is Cc1ccc(CC(N)c2ccc(-c3cc(C(=O)N[C@H](C)c4ccc(F)cc4)cc(N(C)S(C)(=O)=O)c3)o2)cc1. The van der Waals surface area contributed by atoms with Crippen LogP contribution in [0.1, 0.15) is 51.8 Å². The quantitative estimate of drug-likeness (QED) is 0.286. The lowest BCUT2D eigenvalue weighted by atomic mass is 10.0. The van der Waals surface area contributed by atoms with Crippen molar-refractivity contribution in [2.75, 3.05) is 17.6 Å². The summed E-state index contributed by atoms with van der Waals surface area (Å²) < 4.78 is 45.1. The molecule has 1 unspecified atom stereocenters. The Morgan fingerprint density at radius 3 is 2.33 bits per heavy atom. The van der Waals surface area contributed by atoms with Crippen LogP contribution in [0.5, 0.6) is 0 Å². The molecule has 204 valence electrons. The van der Waals surface area contributed by atoms with Crippen molar-refractivity contribution in [1.82, 2.24) is 5.32 Å². The monoisotopic (exact) mass is 549 g/mol. The van der Waals surface area contributed by atoms with Gasteiger partial charge in [-0.3, -0.25) is 9.10 Å². The van der Waals surface area contributed by atoms with E-state index in [0.29, 0.717) is 29.2 Å². The third kappa shape index (κ3) is 6.93. The molecular weight excluding hydrogens is 517 g/mol. The number of amides is 1. The molecule has 0 aliphatic carbocycles. The summed E-state index contributed by atoms with van der Waals surface area (Å²) in [5, 5.41) is 2.89. The summed E-state index contributed by atoms with van der Waals surface area (Å²) in [4.78, 5) is 13.2. The molecule has 3 aromatic carbocycles. The number of sulfonamides is 1. The maximum atomic E-state index is 13.3. The summed E-state index contributed by atoms with van der Waals surface area (Å²) in [7, 11) is -2.18. The van der Waals surface area contributed by atoms with E-state index in [1.165, 1.54) is 30.8 Å². The van der Waals surface area contributed by atoms with Crippen LogP contribution in [0.3, 0.4) is 0 Å². The molecule has 2 atom stereocenters. The lowest BCUT2D eigenvalue weighted by molar-refractivity contribution is 0.0940.